The van der Waals surface area contributed by atoms with Gasteiger partial charge < -0.3 is 28.8 Å². The number of carbonyl (C=O) groups excluding carboxylic acids is 2. The number of rotatable bonds is 14. The van der Waals surface area contributed by atoms with Gasteiger partial charge in [0.15, 0.2) is 23.6 Å². The molecule has 10 nitrogen and oxygen atoms in total. The molecule has 1 aromatic heterocycles. The maximum atomic E-state index is 13.6. The number of urea groups is 1. The van der Waals surface area contributed by atoms with Crippen LogP contribution in [0.5, 0.6) is 17.2 Å². The van der Waals surface area contributed by atoms with Crippen LogP contribution in [-0.2, 0) is 13.0 Å². The summed E-state index contributed by atoms with van der Waals surface area (Å²) in [5.41, 5.74) is 2.97. The summed E-state index contributed by atoms with van der Waals surface area (Å²) >= 11 is 0. The highest BCUT2D eigenvalue weighted by Gasteiger charge is 2.28. The molecule has 1 aliphatic rings. The standard InChI is InChI=1S/C30H38N4O6/c1-4-5-6-16-40-28-18-24(10-11-26(28)37-2)34-15-7-14-33(30(34)36)19-23-9-8-22(17-27(23)38-3)12-13-31-29(35)25-20-39-21-32-25/h8-11,17-18,20-21H,4-7,12-16,19H2,1-3H3,(H,31,35). The zero-order valence-electron chi connectivity index (χ0n) is 23.5. The number of methoxy groups -OCH3 is 2. The Kier molecular flexibility index (Phi) is 10.3. The van der Waals surface area contributed by atoms with Crippen molar-refractivity contribution < 1.29 is 28.2 Å². The summed E-state index contributed by atoms with van der Waals surface area (Å²) in [6.45, 7) is 4.93. The Balaban J connectivity index is 1.39. The van der Waals surface area contributed by atoms with Gasteiger partial charge in [-0.05, 0) is 43.0 Å². The average molecular weight is 551 g/mol. The molecule has 0 spiro atoms. The van der Waals surface area contributed by atoms with E-state index in [0.29, 0.717) is 56.5 Å². The van der Waals surface area contributed by atoms with Gasteiger partial charge in [0.2, 0.25) is 0 Å². The number of aromatic nitrogens is 1. The molecule has 1 fully saturated rings. The molecule has 1 saturated heterocycles. The van der Waals surface area contributed by atoms with E-state index in [1.165, 1.54) is 12.7 Å². The van der Waals surface area contributed by atoms with Crippen LogP contribution in [0.2, 0.25) is 0 Å². The van der Waals surface area contributed by atoms with E-state index in [-0.39, 0.29) is 17.6 Å². The van der Waals surface area contributed by atoms with Gasteiger partial charge in [0, 0.05) is 37.0 Å². The van der Waals surface area contributed by atoms with E-state index >= 15 is 0 Å². The maximum Gasteiger partial charge on any atom is 0.324 e. The van der Waals surface area contributed by atoms with Gasteiger partial charge in [0.05, 0.1) is 27.4 Å². The lowest BCUT2D eigenvalue weighted by molar-refractivity contribution is 0.0949. The van der Waals surface area contributed by atoms with Crippen molar-refractivity contribution in [3.63, 3.8) is 0 Å². The van der Waals surface area contributed by atoms with E-state index in [0.717, 1.165) is 42.5 Å². The predicted octanol–water partition coefficient (Wildman–Crippen LogP) is 5.07. The zero-order chi connectivity index (χ0) is 28.3. The largest absolute Gasteiger partial charge is 0.496 e. The number of hydrogen-bond acceptors (Lipinski definition) is 7. The van der Waals surface area contributed by atoms with Crippen molar-refractivity contribution in [2.45, 2.75) is 45.6 Å². The quantitative estimate of drug-likeness (QED) is 0.280. The smallest absolute Gasteiger partial charge is 0.324 e. The summed E-state index contributed by atoms with van der Waals surface area (Å²) in [7, 11) is 3.24. The lowest BCUT2D eigenvalue weighted by Gasteiger charge is -2.36. The minimum Gasteiger partial charge on any atom is -0.496 e. The van der Waals surface area contributed by atoms with Crippen molar-refractivity contribution >= 4 is 17.6 Å². The topological polar surface area (TPSA) is 106 Å². The summed E-state index contributed by atoms with van der Waals surface area (Å²) in [6.07, 6.45) is 7.20. The third kappa shape index (κ3) is 7.25. The fourth-order valence-corrected chi connectivity index (χ4v) is 4.66. The van der Waals surface area contributed by atoms with Gasteiger partial charge in [-0.15, -0.1) is 0 Å². The Bertz CT molecular complexity index is 1260. The van der Waals surface area contributed by atoms with Crippen molar-refractivity contribution in [3.8, 4) is 17.2 Å². The normalized spacial score (nSPS) is 13.3. The first-order valence-corrected chi connectivity index (χ1v) is 13.7. The van der Waals surface area contributed by atoms with Crippen LogP contribution in [0.15, 0.2) is 53.5 Å². The number of anilines is 1. The minimum atomic E-state index is -0.280. The van der Waals surface area contributed by atoms with E-state index in [1.54, 1.807) is 19.1 Å². The fraction of sp³-hybridized carbons (Fsp3) is 0.433. The molecule has 214 valence electrons. The minimum absolute atomic E-state index is 0.0601. The molecule has 2 heterocycles. The molecule has 2 aromatic carbocycles. The number of benzene rings is 2. The number of oxazole rings is 1. The second-order valence-corrected chi connectivity index (χ2v) is 9.63. The fourth-order valence-electron chi connectivity index (χ4n) is 4.66. The van der Waals surface area contributed by atoms with Gasteiger partial charge in [0.1, 0.15) is 12.0 Å². The van der Waals surface area contributed by atoms with Gasteiger partial charge >= 0.3 is 6.03 Å². The highest BCUT2D eigenvalue weighted by Crippen LogP contribution is 2.34. The van der Waals surface area contributed by atoms with E-state index in [2.05, 4.69) is 17.2 Å². The Morgan fingerprint density at radius 1 is 1.05 bits per heavy atom. The van der Waals surface area contributed by atoms with Crippen LogP contribution < -0.4 is 24.4 Å². The van der Waals surface area contributed by atoms with Gasteiger partial charge in [-0.3, -0.25) is 9.69 Å². The van der Waals surface area contributed by atoms with E-state index in [4.69, 9.17) is 18.6 Å². The highest BCUT2D eigenvalue weighted by atomic mass is 16.5. The summed E-state index contributed by atoms with van der Waals surface area (Å²) in [5, 5.41) is 2.83. The Labute approximate surface area is 235 Å². The molecule has 1 N–H and O–H groups in total. The van der Waals surface area contributed by atoms with Crippen molar-refractivity contribution in [3.05, 3.63) is 65.9 Å². The molecule has 0 unspecified atom stereocenters. The van der Waals surface area contributed by atoms with Crippen LogP contribution >= 0.6 is 0 Å². The predicted molar refractivity (Wildman–Crippen MR) is 151 cm³/mol. The van der Waals surface area contributed by atoms with Gasteiger partial charge in [-0.2, -0.15) is 0 Å². The van der Waals surface area contributed by atoms with Crippen LogP contribution in [0.3, 0.4) is 0 Å². The second kappa shape index (κ2) is 14.3. The molecule has 3 amide bonds. The Morgan fingerprint density at radius 2 is 1.90 bits per heavy atom. The second-order valence-electron chi connectivity index (χ2n) is 9.63. The number of amides is 3. The maximum absolute atomic E-state index is 13.6. The van der Waals surface area contributed by atoms with Gasteiger partial charge in [-0.1, -0.05) is 31.9 Å². The number of ether oxygens (including phenoxy) is 3. The number of carbonyl (C=O) groups is 2. The molecule has 0 aliphatic carbocycles. The monoisotopic (exact) mass is 550 g/mol. The number of hydrogen-bond donors (Lipinski definition) is 1. The summed E-state index contributed by atoms with van der Waals surface area (Å²) in [5.74, 6) is 1.73. The highest BCUT2D eigenvalue weighted by molar-refractivity contribution is 5.93. The van der Waals surface area contributed by atoms with Gasteiger partial charge in [0.25, 0.3) is 5.91 Å². The number of nitrogens with one attached hydrogen (secondary N) is 1. The van der Waals surface area contributed by atoms with Crippen LogP contribution in [0.4, 0.5) is 10.5 Å². The van der Waals surface area contributed by atoms with Crippen molar-refractivity contribution in [1.82, 2.24) is 15.2 Å². The van der Waals surface area contributed by atoms with E-state index in [9.17, 15) is 9.59 Å². The third-order valence-electron chi connectivity index (χ3n) is 6.85. The van der Waals surface area contributed by atoms with Crippen LogP contribution in [-0.4, -0.2) is 62.3 Å². The summed E-state index contributed by atoms with van der Waals surface area (Å²) < 4.78 is 22.0. The SMILES string of the molecule is CCCCCOc1cc(N2CCCN(Cc3ccc(CCNC(=O)c4cocn4)cc3OC)C2=O)ccc1OC. The zero-order valence-corrected chi connectivity index (χ0v) is 23.5. The lowest BCUT2D eigenvalue weighted by Crippen LogP contribution is -2.49. The van der Waals surface area contributed by atoms with Gasteiger partial charge in [-0.25, -0.2) is 9.78 Å². The Morgan fingerprint density at radius 3 is 2.65 bits per heavy atom. The van der Waals surface area contributed by atoms with Crippen molar-refractivity contribution in [1.29, 1.82) is 0 Å². The van der Waals surface area contributed by atoms with E-state index in [1.807, 2.05) is 41.3 Å². The molecule has 1 aliphatic heterocycles. The summed E-state index contributed by atoms with van der Waals surface area (Å²) in [6, 6.07) is 11.5. The molecule has 10 heteroatoms. The third-order valence-corrected chi connectivity index (χ3v) is 6.85. The average Bonchev–Trinajstić information content (AvgIpc) is 3.52. The van der Waals surface area contributed by atoms with Crippen molar-refractivity contribution in [2.75, 3.05) is 45.4 Å². The number of unbranched alkanes of at least 4 members (excludes halogenated alkanes) is 2. The number of nitrogens with zero attached hydrogens (tertiary/aromatic N) is 3. The molecule has 3 aromatic rings. The first-order chi connectivity index (χ1) is 19.5. The molecule has 40 heavy (non-hydrogen) atoms. The molecule has 0 bridgehead atoms. The molecule has 0 saturated carbocycles. The van der Waals surface area contributed by atoms with E-state index < -0.39 is 0 Å². The van der Waals surface area contributed by atoms with Crippen LogP contribution in [0.25, 0.3) is 0 Å². The summed E-state index contributed by atoms with van der Waals surface area (Å²) in [4.78, 5) is 33.1. The Hall–Kier alpha value is -4.21. The molecule has 0 atom stereocenters. The molecule has 0 radical (unpaired) electrons. The molecular formula is C30H38N4O6. The molecule has 4 rings (SSSR count). The van der Waals surface area contributed by atoms with Crippen molar-refractivity contribution in [2.24, 2.45) is 0 Å². The lowest BCUT2D eigenvalue weighted by atomic mass is 10.1. The first-order valence-electron chi connectivity index (χ1n) is 13.7. The first kappa shape index (κ1) is 28.8. The van der Waals surface area contributed by atoms with Crippen LogP contribution in [0, 0.1) is 0 Å². The van der Waals surface area contributed by atoms with Crippen LogP contribution in [0.1, 0.15) is 54.2 Å². The molecular weight excluding hydrogens is 512 g/mol.